The largest absolute Gasteiger partial charge is 0.465 e. The molecule has 0 spiro atoms. The molecule has 29 heavy (non-hydrogen) atoms. The van der Waals surface area contributed by atoms with Gasteiger partial charge in [-0.1, -0.05) is 36.1 Å². The molecule has 0 unspecified atom stereocenters. The van der Waals surface area contributed by atoms with Crippen molar-refractivity contribution in [2.45, 2.75) is 12.8 Å². The number of furan rings is 1. The molecule has 0 atom stereocenters. The number of thiocarbonyl (C=S) groups is 1. The summed E-state index contributed by atoms with van der Waals surface area (Å²) < 4.78 is 6.29. The van der Waals surface area contributed by atoms with E-state index in [0.29, 0.717) is 38.0 Å². The van der Waals surface area contributed by atoms with Crippen molar-refractivity contribution in [3.05, 3.63) is 63.4 Å². The molecule has 0 radical (unpaired) electrons. The van der Waals surface area contributed by atoms with Gasteiger partial charge in [0.05, 0.1) is 16.7 Å². The van der Waals surface area contributed by atoms with E-state index >= 15 is 0 Å². The van der Waals surface area contributed by atoms with Gasteiger partial charge >= 0.3 is 0 Å². The molecule has 0 aliphatic carbocycles. The van der Waals surface area contributed by atoms with E-state index in [1.165, 1.54) is 22.9 Å². The first-order valence-electron chi connectivity index (χ1n) is 8.58. The molecule has 2 N–H and O–H groups in total. The van der Waals surface area contributed by atoms with Crippen molar-refractivity contribution < 1.29 is 18.8 Å². The van der Waals surface area contributed by atoms with Crippen LogP contribution in [0.15, 0.2) is 56.5 Å². The summed E-state index contributed by atoms with van der Waals surface area (Å²) in [4.78, 5) is 38.4. The molecule has 1 aliphatic heterocycles. The fourth-order valence-corrected chi connectivity index (χ4v) is 4.25. The van der Waals surface area contributed by atoms with Crippen LogP contribution in [-0.4, -0.2) is 33.5 Å². The van der Waals surface area contributed by atoms with Gasteiger partial charge in [0.25, 0.3) is 11.8 Å². The Bertz CT molecular complexity index is 976. The minimum absolute atomic E-state index is 0.129. The van der Waals surface area contributed by atoms with Gasteiger partial charge in [0.15, 0.2) is 0 Å². The molecule has 1 aromatic carbocycles. The highest BCUT2D eigenvalue weighted by atomic mass is 79.9. The first kappa shape index (κ1) is 21.3. The Morgan fingerprint density at radius 1 is 1.21 bits per heavy atom. The Balaban J connectivity index is 1.44. The van der Waals surface area contributed by atoms with Crippen LogP contribution < -0.4 is 10.9 Å². The average Bonchev–Trinajstić information content (AvgIpc) is 3.30. The van der Waals surface area contributed by atoms with E-state index in [2.05, 4.69) is 26.8 Å². The lowest BCUT2D eigenvalue weighted by molar-refractivity contribution is -0.124. The summed E-state index contributed by atoms with van der Waals surface area (Å²) in [5.74, 6) is -0.419. The number of hydrogen-bond acceptors (Lipinski definition) is 6. The third-order valence-electron chi connectivity index (χ3n) is 3.91. The first-order valence-corrected chi connectivity index (χ1v) is 10.6. The molecule has 10 heteroatoms. The predicted molar refractivity (Wildman–Crippen MR) is 118 cm³/mol. The molecule has 3 rings (SSSR count). The second-order valence-corrected chi connectivity index (χ2v) is 8.46. The number of amides is 3. The second kappa shape index (κ2) is 9.86. The molecular formula is C19H16BrN3O4S2. The summed E-state index contributed by atoms with van der Waals surface area (Å²) in [6, 6.07) is 10.4. The third kappa shape index (κ3) is 5.55. The fourth-order valence-electron chi connectivity index (χ4n) is 2.49. The monoisotopic (exact) mass is 493 g/mol. The summed E-state index contributed by atoms with van der Waals surface area (Å²) >= 11 is 9.74. The number of hydrazine groups is 1. The molecule has 1 fully saturated rings. The van der Waals surface area contributed by atoms with Gasteiger partial charge in [-0.25, -0.2) is 0 Å². The molecule has 2 aromatic rings. The van der Waals surface area contributed by atoms with Gasteiger partial charge in [0.1, 0.15) is 10.1 Å². The molecule has 3 amide bonds. The molecule has 7 nitrogen and oxygen atoms in total. The quantitative estimate of drug-likeness (QED) is 0.363. The van der Waals surface area contributed by atoms with Crippen LogP contribution in [-0.2, 0) is 9.59 Å². The zero-order valence-electron chi connectivity index (χ0n) is 15.0. The van der Waals surface area contributed by atoms with Crippen molar-refractivity contribution >= 4 is 68.0 Å². The number of nitrogens with zero attached hydrogens (tertiary/aromatic N) is 1. The second-order valence-electron chi connectivity index (χ2n) is 5.93. The van der Waals surface area contributed by atoms with Gasteiger partial charge in [0, 0.05) is 23.5 Å². The average molecular weight is 494 g/mol. The zero-order valence-corrected chi connectivity index (χ0v) is 18.2. The topological polar surface area (TPSA) is 91.7 Å². The SMILES string of the molecule is O=C(CCCN1C(=O)C(=Cc2ccco2)SC1=S)NNC(=O)c1ccccc1Br. The lowest BCUT2D eigenvalue weighted by Crippen LogP contribution is -2.42. The van der Waals surface area contributed by atoms with E-state index in [-0.39, 0.29) is 18.2 Å². The van der Waals surface area contributed by atoms with Gasteiger partial charge in [-0.2, -0.15) is 0 Å². The van der Waals surface area contributed by atoms with E-state index in [4.69, 9.17) is 16.6 Å². The van der Waals surface area contributed by atoms with Crippen LogP contribution in [0.4, 0.5) is 0 Å². The van der Waals surface area contributed by atoms with Crippen molar-refractivity contribution in [3.63, 3.8) is 0 Å². The normalized spacial score (nSPS) is 15.1. The van der Waals surface area contributed by atoms with Gasteiger partial charge in [-0.15, -0.1) is 0 Å². The van der Waals surface area contributed by atoms with Crippen molar-refractivity contribution in [1.29, 1.82) is 0 Å². The lowest BCUT2D eigenvalue weighted by atomic mass is 10.2. The number of halogens is 1. The number of rotatable bonds is 6. The number of hydrogen-bond donors (Lipinski definition) is 2. The highest BCUT2D eigenvalue weighted by Gasteiger charge is 2.31. The molecule has 1 saturated heterocycles. The number of carbonyl (C=O) groups excluding carboxylic acids is 3. The van der Waals surface area contributed by atoms with E-state index in [1.807, 2.05) is 0 Å². The Labute approximate surface area is 185 Å². The van der Waals surface area contributed by atoms with Crippen molar-refractivity contribution in [1.82, 2.24) is 15.8 Å². The van der Waals surface area contributed by atoms with E-state index < -0.39 is 5.91 Å². The summed E-state index contributed by atoms with van der Waals surface area (Å²) in [6.07, 6.45) is 3.70. The van der Waals surface area contributed by atoms with Crippen LogP contribution in [0.25, 0.3) is 6.08 Å². The minimum atomic E-state index is -0.425. The minimum Gasteiger partial charge on any atom is -0.465 e. The predicted octanol–water partition coefficient (Wildman–Crippen LogP) is 3.48. The molecule has 0 saturated carbocycles. The zero-order chi connectivity index (χ0) is 20.8. The number of thioether (sulfide) groups is 1. The summed E-state index contributed by atoms with van der Waals surface area (Å²) in [5, 5.41) is 0. The molecule has 150 valence electrons. The van der Waals surface area contributed by atoms with Crippen LogP contribution in [0.3, 0.4) is 0 Å². The smallest absolute Gasteiger partial charge is 0.270 e. The Morgan fingerprint density at radius 3 is 2.72 bits per heavy atom. The number of carbonyl (C=O) groups is 3. The maximum atomic E-state index is 12.5. The van der Waals surface area contributed by atoms with Gasteiger partial charge in [0.2, 0.25) is 5.91 Å². The molecule has 1 aliphatic rings. The van der Waals surface area contributed by atoms with E-state index in [0.717, 1.165) is 0 Å². The van der Waals surface area contributed by atoms with Crippen molar-refractivity contribution in [3.8, 4) is 0 Å². The van der Waals surface area contributed by atoms with Crippen LogP contribution in [0.2, 0.25) is 0 Å². The summed E-state index contributed by atoms with van der Waals surface area (Å²) in [5.41, 5.74) is 5.15. The maximum absolute atomic E-state index is 12.5. The fraction of sp³-hybridized carbons (Fsp3) is 0.158. The van der Waals surface area contributed by atoms with Gasteiger partial charge in [-0.3, -0.25) is 30.1 Å². The molecule has 2 heterocycles. The summed E-state index contributed by atoms with van der Waals surface area (Å²) in [7, 11) is 0. The summed E-state index contributed by atoms with van der Waals surface area (Å²) in [6.45, 7) is 0.311. The maximum Gasteiger partial charge on any atom is 0.270 e. The Hall–Kier alpha value is -2.43. The number of nitrogens with one attached hydrogen (secondary N) is 2. The van der Waals surface area contributed by atoms with E-state index in [9.17, 15) is 14.4 Å². The highest BCUT2D eigenvalue weighted by molar-refractivity contribution is 9.10. The molecular weight excluding hydrogens is 478 g/mol. The van der Waals surface area contributed by atoms with Crippen LogP contribution in [0, 0.1) is 0 Å². The molecule has 0 bridgehead atoms. The van der Waals surface area contributed by atoms with Crippen LogP contribution >= 0.6 is 39.9 Å². The van der Waals surface area contributed by atoms with Crippen LogP contribution in [0.1, 0.15) is 29.0 Å². The highest BCUT2D eigenvalue weighted by Crippen LogP contribution is 2.32. The standard InChI is InChI=1S/C19H16BrN3O4S2/c20-14-7-2-1-6-13(14)17(25)22-21-16(24)8-3-9-23-18(26)15(29-19(23)28)11-12-5-4-10-27-12/h1-2,4-7,10-11H,3,8-9H2,(H,21,24)(H,22,25). The number of benzene rings is 1. The molecule has 1 aromatic heterocycles. The Morgan fingerprint density at radius 2 is 2.00 bits per heavy atom. The lowest BCUT2D eigenvalue weighted by Gasteiger charge is -2.14. The van der Waals surface area contributed by atoms with Crippen LogP contribution in [0.5, 0.6) is 0 Å². The van der Waals surface area contributed by atoms with Crippen molar-refractivity contribution in [2.24, 2.45) is 0 Å². The van der Waals surface area contributed by atoms with Crippen molar-refractivity contribution in [2.75, 3.05) is 6.54 Å². The van der Waals surface area contributed by atoms with Gasteiger partial charge in [-0.05, 0) is 46.6 Å². The third-order valence-corrected chi connectivity index (χ3v) is 5.98. The van der Waals surface area contributed by atoms with E-state index in [1.54, 1.807) is 42.5 Å². The van der Waals surface area contributed by atoms with Gasteiger partial charge < -0.3 is 4.42 Å². The Kier molecular flexibility index (Phi) is 7.24. The first-order chi connectivity index (χ1) is 14.0.